The molecule has 1 aromatic carbocycles. The minimum Gasteiger partial charge on any atom is -0.377 e. The second-order valence-electron chi connectivity index (χ2n) is 4.52. The lowest BCUT2D eigenvalue weighted by Crippen LogP contribution is -1.98. The Balaban J connectivity index is 2.20. The molecule has 1 rings (SSSR count). The number of benzene rings is 1. The van der Waals surface area contributed by atoms with Crippen LogP contribution in [0.3, 0.4) is 0 Å². The van der Waals surface area contributed by atoms with Crippen LogP contribution in [0.15, 0.2) is 36.9 Å². The molecule has 2 heteroatoms. The van der Waals surface area contributed by atoms with E-state index in [0.717, 1.165) is 25.9 Å². The molecule has 0 bridgehead atoms. The van der Waals surface area contributed by atoms with Crippen LogP contribution in [-0.4, -0.2) is 12.4 Å². The van der Waals surface area contributed by atoms with Crippen molar-refractivity contribution >= 4 is 5.78 Å². The Hall–Kier alpha value is -1.41. The van der Waals surface area contributed by atoms with Gasteiger partial charge in [-0.15, -0.1) is 6.58 Å². The van der Waals surface area contributed by atoms with Crippen molar-refractivity contribution in [2.75, 3.05) is 6.61 Å². The summed E-state index contributed by atoms with van der Waals surface area (Å²) in [5.41, 5.74) is 2.46. The molecule has 0 saturated heterocycles. The van der Waals surface area contributed by atoms with Crippen LogP contribution in [0, 0.1) is 0 Å². The van der Waals surface area contributed by atoms with E-state index in [1.807, 2.05) is 12.1 Å². The summed E-state index contributed by atoms with van der Waals surface area (Å²) in [7, 11) is 0. The van der Waals surface area contributed by atoms with Crippen LogP contribution in [-0.2, 0) is 22.6 Å². The fraction of sp³-hybridized carbons (Fsp3) is 0.438. The molecule has 98 valence electrons. The molecule has 0 unspecified atom stereocenters. The molecule has 0 aliphatic rings. The summed E-state index contributed by atoms with van der Waals surface area (Å²) >= 11 is 0. The SMILES string of the molecule is C=CCc1cccc(COCCCCC(C)=O)c1. The third kappa shape index (κ3) is 6.36. The lowest BCUT2D eigenvalue weighted by atomic mass is 10.1. The zero-order valence-corrected chi connectivity index (χ0v) is 11.2. The van der Waals surface area contributed by atoms with Crippen molar-refractivity contribution in [3.8, 4) is 0 Å². The van der Waals surface area contributed by atoms with Gasteiger partial charge in [0.25, 0.3) is 0 Å². The van der Waals surface area contributed by atoms with Crippen LogP contribution in [0.4, 0.5) is 0 Å². The Morgan fingerprint density at radius 2 is 2.11 bits per heavy atom. The highest BCUT2D eigenvalue weighted by Crippen LogP contribution is 2.08. The molecular formula is C16H22O2. The molecule has 1 aromatic rings. The number of hydrogen-bond donors (Lipinski definition) is 0. The number of ether oxygens (including phenoxy) is 1. The van der Waals surface area contributed by atoms with Crippen molar-refractivity contribution in [3.05, 3.63) is 48.0 Å². The Morgan fingerprint density at radius 1 is 1.33 bits per heavy atom. The van der Waals surface area contributed by atoms with Crippen molar-refractivity contribution < 1.29 is 9.53 Å². The van der Waals surface area contributed by atoms with Crippen LogP contribution < -0.4 is 0 Å². The molecule has 0 aromatic heterocycles. The molecule has 2 nitrogen and oxygen atoms in total. The van der Waals surface area contributed by atoms with Crippen molar-refractivity contribution in [2.45, 2.75) is 39.2 Å². The largest absolute Gasteiger partial charge is 0.377 e. The van der Waals surface area contributed by atoms with Gasteiger partial charge in [0.1, 0.15) is 5.78 Å². The van der Waals surface area contributed by atoms with Gasteiger partial charge in [0.05, 0.1) is 6.61 Å². The summed E-state index contributed by atoms with van der Waals surface area (Å²) < 4.78 is 5.60. The lowest BCUT2D eigenvalue weighted by Gasteiger charge is -2.05. The third-order valence-corrected chi connectivity index (χ3v) is 2.71. The highest BCUT2D eigenvalue weighted by molar-refractivity contribution is 5.75. The van der Waals surface area contributed by atoms with Gasteiger partial charge in [0.15, 0.2) is 0 Å². The second-order valence-corrected chi connectivity index (χ2v) is 4.52. The van der Waals surface area contributed by atoms with E-state index < -0.39 is 0 Å². The van der Waals surface area contributed by atoms with E-state index in [0.29, 0.717) is 13.0 Å². The highest BCUT2D eigenvalue weighted by Gasteiger charge is 1.97. The number of Topliss-reactive ketones (excluding diaryl/α,β-unsaturated/α-hetero) is 1. The van der Waals surface area contributed by atoms with Crippen LogP contribution in [0.2, 0.25) is 0 Å². The maximum atomic E-state index is 10.7. The first-order valence-corrected chi connectivity index (χ1v) is 6.48. The van der Waals surface area contributed by atoms with Gasteiger partial charge < -0.3 is 9.53 Å². The molecule has 0 radical (unpaired) electrons. The number of carbonyl (C=O) groups is 1. The standard InChI is InChI=1S/C16H22O2/c1-3-7-15-9-6-10-16(12-15)13-18-11-5-4-8-14(2)17/h3,6,9-10,12H,1,4-5,7-8,11,13H2,2H3. The van der Waals surface area contributed by atoms with Crippen LogP contribution in [0.25, 0.3) is 0 Å². The fourth-order valence-corrected chi connectivity index (χ4v) is 1.78. The molecule has 0 heterocycles. The van der Waals surface area contributed by atoms with Crippen molar-refractivity contribution in [3.63, 3.8) is 0 Å². The topological polar surface area (TPSA) is 26.3 Å². The van der Waals surface area contributed by atoms with E-state index in [2.05, 4.69) is 24.8 Å². The van der Waals surface area contributed by atoms with E-state index in [9.17, 15) is 4.79 Å². The average Bonchev–Trinajstić information content (AvgIpc) is 2.34. The van der Waals surface area contributed by atoms with Crippen molar-refractivity contribution in [1.29, 1.82) is 0 Å². The Labute approximate surface area is 110 Å². The molecule has 18 heavy (non-hydrogen) atoms. The van der Waals surface area contributed by atoms with E-state index >= 15 is 0 Å². The van der Waals surface area contributed by atoms with Crippen LogP contribution in [0.5, 0.6) is 0 Å². The summed E-state index contributed by atoms with van der Waals surface area (Å²) in [5.74, 6) is 0.257. The van der Waals surface area contributed by atoms with Crippen molar-refractivity contribution in [2.24, 2.45) is 0 Å². The Kier molecular flexibility index (Phi) is 7.04. The predicted octanol–water partition coefficient (Wildman–Crippen LogP) is 3.69. The fourth-order valence-electron chi connectivity index (χ4n) is 1.78. The van der Waals surface area contributed by atoms with E-state index in [4.69, 9.17) is 4.74 Å². The average molecular weight is 246 g/mol. The Morgan fingerprint density at radius 3 is 2.83 bits per heavy atom. The minimum atomic E-state index is 0.257. The Bertz CT molecular complexity index is 382. The first-order chi connectivity index (χ1) is 8.72. The molecule has 0 amide bonds. The third-order valence-electron chi connectivity index (χ3n) is 2.71. The summed E-state index contributed by atoms with van der Waals surface area (Å²) in [5, 5.41) is 0. The lowest BCUT2D eigenvalue weighted by molar-refractivity contribution is -0.117. The quantitative estimate of drug-likeness (QED) is 0.490. The van der Waals surface area contributed by atoms with Crippen molar-refractivity contribution in [1.82, 2.24) is 0 Å². The van der Waals surface area contributed by atoms with E-state index in [1.165, 1.54) is 11.1 Å². The summed E-state index contributed by atoms with van der Waals surface area (Å²) in [6, 6.07) is 8.37. The molecule has 0 N–H and O–H groups in total. The molecule has 0 aliphatic heterocycles. The van der Waals surface area contributed by atoms with Gasteiger partial charge in [-0.1, -0.05) is 30.3 Å². The first kappa shape index (κ1) is 14.7. The summed E-state index contributed by atoms with van der Waals surface area (Å²) in [6.45, 7) is 6.73. The first-order valence-electron chi connectivity index (χ1n) is 6.48. The molecule has 0 fully saturated rings. The number of carbonyl (C=O) groups excluding carboxylic acids is 1. The maximum absolute atomic E-state index is 10.7. The number of unbranched alkanes of at least 4 members (excludes halogenated alkanes) is 1. The van der Waals surface area contributed by atoms with Gasteiger partial charge in [-0.2, -0.15) is 0 Å². The zero-order chi connectivity index (χ0) is 13.2. The minimum absolute atomic E-state index is 0.257. The number of ketones is 1. The van der Waals surface area contributed by atoms with E-state index in [1.54, 1.807) is 6.92 Å². The normalized spacial score (nSPS) is 10.3. The smallest absolute Gasteiger partial charge is 0.129 e. The van der Waals surface area contributed by atoms with Gasteiger partial charge >= 0.3 is 0 Å². The number of rotatable bonds is 9. The second kappa shape index (κ2) is 8.65. The predicted molar refractivity (Wildman–Crippen MR) is 74.5 cm³/mol. The maximum Gasteiger partial charge on any atom is 0.129 e. The van der Waals surface area contributed by atoms with Crippen LogP contribution >= 0.6 is 0 Å². The van der Waals surface area contributed by atoms with E-state index in [-0.39, 0.29) is 5.78 Å². The van der Waals surface area contributed by atoms with Gasteiger partial charge in [-0.05, 0) is 37.3 Å². The molecule has 0 spiro atoms. The molecular weight excluding hydrogens is 224 g/mol. The molecule has 0 saturated carbocycles. The highest BCUT2D eigenvalue weighted by atomic mass is 16.5. The summed E-state index contributed by atoms with van der Waals surface area (Å²) in [6.07, 6.45) is 5.34. The van der Waals surface area contributed by atoms with Gasteiger partial charge in [0, 0.05) is 13.0 Å². The number of hydrogen-bond acceptors (Lipinski definition) is 2. The molecule has 0 atom stereocenters. The van der Waals surface area contributed by atoms with Gasteiger partial charge in [0.2, 0.25) is 0 Å². The summed E-state index contributed by atoms with van der Waals surface area (Å²) in [4.78, 5) is 10.7. The van der Waals surface area contributed by atoms with Crippen LogP contribution in [0.1, 0.15) is 37.3 Å². The molecule has 0 aliphatic carbocycles. The van der Waals surface area contributed by atoms with Gasteiger partial charge in [-0.25, -0.2) is 0 Å². The van der Waals surface area contributed by atoms with Gasteiger partial charge in [-0.3, -0.25) is 0 Å². The zero-order valence-electron chi connectivity index (χ0n) is 11.2. The number of allylic oxidation sites excluding steroid dienone is 1. The monoisotopic (exact) mass is 246 g/mol.